The molecule has 0 radical (unpaired) electrons. The summed E-state index contributed by atoms with van der Waals surface area (Å²) in [7, 11) is 1.58. The van der Waals surface area contributed by atoms with Crippen molar-refractivity contribution in [1.29, 1.82) is 0 Å². The number of para-hydroxylation sites is 1. The first kappa shape index (κ1) is 19.5. The van der Waals surface area contributed by atoms with Gasteiger partial charge in [0.05, 0.1) is 10.2 Å². The Labute approximate surface area is 180 Å². The topological polar surface area (TPSA) is 54.9 Å². The molecule has 1 aromatic heterocycles. The average molecular weight is 424 g/mol. The highest BCUT2D eigenvalue weighted by molar-refractivity contribution is 7.20. The summed E-state index contributed by atoms with van der Waals surface area (Å²) in [5, 5.41) is 0.672. The van der Waals surface area contributed by atoms with Gasteiger partial charge in [0.25, 0.3) is 5.19 Å². The normalized spacial score (nSPS) is 20.9. The van der Waals surface area contributed by atoms with Crippen molar-refractivity contribution in [2.24, 2.45) is 0 Å². The number of likely N-dealkylation sites (tertiary alicyclic amines) is 2. The highest BCUT2D eigenvalue weighted by Gasteiger charge is 2.44. The van der Waals surface area contributed by atoms with E-state index in [-0.39, 0.29) is 12.5 Å². The van der Waals surface area contributed by atoms with Crippen LogP contribution in [0.15, 0.2) is 48.5 Å². The zero-order chi connectivity index (χ0) is 20.5. The van der Waals surface area contributed by atoms with Crippen molar-refractivity contribution < 1.29 is 14.3 Å². The van der Waals surface area contributed by atoms with Gasteiger partial charge in [0.2, 0.25) is 5.91 Å². The number of hydrogen-bond acceptors (Lipinski definition) is 6. The van der Waals surface area contributed by atoms with Gasteiger partial charge < -0.3 is 14.4 Å². The minimum atomic E-state index is 0.115. The van der Waals surface area contributed by atoms with Gasteiger partial charge in [0.15, 0.2) is 0 Å². The van der Waals surface area contributed by atoms with Crippen LogP contribution in [0.5, 0.6) is 10.9 Å². The SMILES string of the molecule is COCC(=O)N1CC2CC1CN2CCc1cccc(Oc2nc3ccccc3s2)c1. The van der Waals surface area contributed by atoms with E-state index in [0.717, 1.165) is 48.4 Å². The number of aromatic nitrogens is 1. The predicted octanol–water partition coefficient (Wildman–Crippen LogP) is 3.56. The molecule has 2 saturated heterocycles. The average Bonchev–Trinajstić information content (AvgIpc) is 3.46. The van der Waals surface area contributed by atoms with Gasteiger partial charge in [-0.25, -0.2) is 4.98 Å². The number of nitrogens with zero attached hydrogens (tertiary/aromatic N) is 3. The quantitative estimate of drug-likeness (QED) is 0.582. The summed E-state index contributed by atoms with van der Waals surface area (Å²) in [6.07, 6.45) is 2.04. The summed E-state index contributed by atoms with van der Waals surface area (Å²) < 4.78 is 12.2. The number of carbonyl (C=O) groups excluding carboxylic acids is 1. The fourth-order valence-corrected chi connectivity index (χ4v) is 5.40. The van der Waals surface area contributed by atoms with Gasteiger partial charge in [0.1, 0.15) is 12.4 Å². The van der Waals surface area contributed by atoms with E-state index in [1.165, 1.54) is 5.56 Å². The van der Waals surface area contributed by atoms with Crippen molar-refractivity contribution in [1.82, 2.24) is 14.8 Å². The lowest BCUT2D eigenvalue weighted by molar-refractivity contribution is -0.137. The summed E-state index contributed by atoms with van der Waals surface area (Å²) in [6, 6.07) is 17.2. The summed E-state index contributed by atoms with van der Waals surface area (Å²) >= 11 is 1.56. The number of ether oxygens (including phenoxy) is 2. The highest BCUT2D eigenvalue weighted by atomic mass is 32.1. The standard InChI is InChI=1S/C23H25N3O3S/c1-28-15-22(27)26-14-17-12-18(26)13-25(17)10-9-16-5-4-6-19(11-16)29-23-24-20-7-2-3-8-21(20)30-23/h2-8,11,17-18H,9-10,12-15H2,1H3. The molecule has 2 aromatic carbocycles. The van der Waals surface area contributed by atoms with E-state index in [0.29, 0.717) is 17.3 Å². The van der Waals surface area contributed by atoms with Crippen molar-refractivity contribution >= 4 is 27.5 Å². The van der Waals surface area contributed by atoms with Gasteiger partial charge in [-0.05, 0) is 42.7 Å². The third-order valence-corrected chi connectivity index (χ3v) is 6.92. The molecule has 6 nitrogen and oxygen atoms in total. The van der Waals surface area contributed by atoms with E-state index in [4.69, 9.17) is 9.47 Å². The number of carbonyl (C=O) groups is 1. The lowest BCUT2D eigenvalue weighted by Gasteiger charge is -2.34. The summed E-state index contributed by atoms with van der Waals surface area (Å²) in [5.41, 5.74) is 2.22. The van der Waals surface area contributed by atoms with Crippen LogP contribution in [-0.4, -0.2) is 66.1 Å². The maximum absolute atomic E-state index is 12.1. The maximum atomic E-state index is 12.1. The third-order valence-electron chi connectivity index (χ3n) is 6.01. The molecular formula is C23H25N3O3S. The van der Waals surface area contributed by atoms with E-state index in [9.17, 15) is 4.79 Å². The van der Waals surface area contributed by atoms with Crippen LogP contribution in [0.25, 0.3) is 10.2 Å². The monoisotopic (exact) mass is 423 g/mol. The number of fused-ring (bicyclic) bond motifs is 3. The van der Waals surface area contributed by atoms with Gasteiger partial charge in [-0.3, -0.25) is 9.69 Å². The molecule has 2 fully saturated rings. The first-order valence-corrected chi connectivity index (χ1v) is 11.2. The molecule has 5 rings (SSSR count). The second-order valence-corrected chi connectivity index (χ2v) is 8.96. The molecule has 0 N–H and O–H groups in total. The van der Waals surface area contributed by atoms with Crippen LogP contribution in [0, 0.1) is 0 Å². The molecule has 2 unspecified atom stereocenters. The van der Waals surface area contributed by atoms with Crippen molar-refractivity contribution in [2.45, 2.75) is 24.9 Å². The van der Waals surface area contributed by atoms with Crippen LogP contribution in [-0.2, 0) is 16.0 Å². The Balaban J connectivity index is 1.18. The first-order chi connectivity index (χ1) is 14.7. The lowest BCUT2D eigenvalue weighted by atomic mass is 10.1. The lowest BCUT2D eigenvalue weighted by Crippen LogP contribution is -2.50. The first-order valence-electron chi connectivity index (χ1n) is 10.3. The van der Waals surface area contributed by atoms with Crippen molar-refractivity contribution in [2.75, 3.05) is 33.4 Å². The van der Waals surface area contributed by atoms with E-state index in [1.807, 2.05) is 35.2 Å². The molecule has 2 aliphatic heterocycles. The molecule has 0 saturated carbocycles. The Bertz CT molecular complexity index is 1020. The molecule has 3 aromatic rings. The van der Waals surface area contributed by atoms with Gasteiger partial charge >= 0.3 is 0 Å². The molecule has 1 amide bonds. The van der Waals surface area contributed by atoms with Crippen LogP contribution in [0.3, 0.4) is 0 Å². The zero-order valence-corrected chi connectivity index (χ0v) is 17.8. The Morgan fingerprint density at radius 2 is 2.07 bits per heavy atom. The number of thiazole rings is 1. The van der Waals surface area contributed by atoms with Crippen molar-refractivity contribution in [3.63, 3.8) is 0 Å². The Morgan fingerprint density at radius 3 is 2.87 bits per heavy atom. The molecule has 2 aliphatic rings. The van der Waals surface area contributed by atoms with E-state index in [2.05, 4.69) is 28.1 Å². The second-order valence-electron chi connectivity index (χ2n) is 7.96. The fourth-order valence-electron chi connectivity index (χ4n) is 4.57. The summed E-state index contributed by atoms with van der Waals surface area (Å²) in [6.45, 7) is 2.97. The van der Waals surface area contributed by atoms with Crippen LogP contribution >= 0.6 is 11.3 Å². The number of piperazine rings is 1. The van der Waals surface area contributed by atoms with Gasteiger partial charge in [0, 0.05) is 38.8 Å². The second kappa shape index (κ2) is 8.34. The van der Waals surface area contributed by atoms with Crippen LogP contribution in [0.4, 0.5) is 0 Å². The third kappa shape index (κ3) is 3.93. The van der Waals surface area contributed by atoms with Crippen molar-refractivity contribution in [3.05, 3.63) is 54.1 Å². The molecule has 0 aliphatic carbocycles. The van der Waals surface area contributed by atoms with Gasteiger partial charge in [-0.15, -0.1) is 0 Å². The number of benzene rings is 2. The fraction of sp³-hybridized carbons (Fsp3) is 0.391. The van der Waals surface area contributed by atoms with Gasteiger partial charge in [-0.2, -0.15) is 0 Å². The molecular weight excluding hydrogens is 398 g/mol. The number of amides is 1. The van der Waals surface area contributed by atoms with Crippen molar-refractivity contribution in [3.8, 4) is 10.9 Å². The number of methoxy groups -OCH3 is 1. The predicted molar refractivity (Wildman–Crippen MR) is 117 cm³/mol. The highest BCUT2D eigenvalue weighted by Crippen LogP contribution is 2.32. The van der Waals surface area contributed by atoms with E-state index < -0.39 is 0 Å². The number of rotatable bonds is 7. The Kier molecular flexibility index (Phi) is 5.41. The largest absolute Gasteiger partial charge is 0.431 e. The van der Waals surface area contributed by atoms with Crippen LogP contribution in [0.1, 0.15) is 12.0 Å². The molecule has 3 heterocycles. The molecule has 30 heavy (non-hydrogen) atoms. The Morgan fingerprint density at radius 1 is 1.17 bits per heavy atom. The Hall–Kier alpha value is -2.48. The maximum Gasteiger partial charge on any atom is 0.279 e. The smallest absolute Gasteiger partial charge is 0.279 e. The van der Waals surface area contributed by atoms with Crippen LogP contribution in [0.2, 0.25) is 0 Å². The minimum absolute atomic E-state index is 0.115. The molecule has 0 spiro atoms. The number of hydrogen-bond donors (Lipinski definition) is 0. The molecule has 2 atom stereocenters. The van der Waals surface area contributed by atoms with E-state index >= 15 is 0 Å². The summed E-state index contributed by atoms with van der Waals surface area (Å²) in [4.78, 5) is 21.2. The minimum Gasteiger partial charge on any atom is -0.431 e. The molecule has 2 bridgehead atoms. The molecule has 156 valence electrons. The summed E-state index contributed by atoms with van der Waals surface area (Å²) in [5.74, 6) is 0.940. The molecule has 7 heteroatoms. The zero-order valence-electron chi connectivity index (χ0n) is 17.0. The van der Waals surface area contributed by atoms with E-state index in [1.54, 1.807) is 18.4 Å². The van der Waals surface area contributed by atoms with Gasteiger partial charge in [-0.1, -0.05) is 35.6 Å². The van der Waals surface area contributed by atoms with Crippen LogP contribution < -0.4 is 4.74 Å².